The van der Waals surface area contributed by atoms with Gasteiger partial charge in [-0.05, 0) is 36.8 Å². The Morgan fingerprint density at radius 1 is 0.850 bits per heavy atom. The summed E-state index contributed by atoms with van der Waals surface area (Å²) in [6.07, 6.45) is 0. The second kappa shape index (κ2) is 11.8. The van der Waals surface area contributed by atoms with Crippen molar-refractivity contribution >= 4 is 11.7 Å². The molecule has 2 atom stereocenters. The summed E-state index contributed by atoms with van der Waals surface area (Å²) in [4.78, 5) is 32.5. The number of H-pyrrole nitrogens is 1. The second-order valence-electron chi connectivity index (χ2n) is 9.34. The maximum atomic E-state index is 14.6. The van der Waals surface area contributed by atoms with Crippen LogP contribution in [-0.2, 0) is 9.53 Å². The van der Waals surface area contributed by atoms with Gasteiger partial charge in [-0.3, -0.25) is 14.9 Å². The molecule has 0 aliphatic carbocycles. The summed E-state index contributed by atoms with van der Waals surface area (Å²) in [5.41, 5.74) is 3.66. The van der Waals surface area contributed by atoms with Gasteiger partial charge in [0.2, 0.25) is 0 Å². The first-order chi connectivity index (χ1) is 19.5. The third kappa shape index (κ3) is 5.40. The number of benzene rings is 4. The van der Waals surface area contributed by atoms with E-state index in [1.54, 1.807) is 31.2 Å². The average molecular weight is 534 g/mol. The van der Waals surface area contributed by atoms with Gasteiger partial charge >= 0.3 is 5.97 Å². The van der Waals surface area contributed by atoms with E-state index < -0.39 is 23.7 Å². The SMILES string of the molecule is COC(=O)[C@@H](N=C(c1ccccc1)c1ccccc1)[C@H](c1cccc(F)c1)c1c(C)[nH]n(-c2ccccc2)c1=O. The highest BCUT2D eigenvalue weighted by Gasteiger charge is 2.37. The van der Waals surface area contributed by atoms with Crippen molar-refractivity contribution < 1.29 is 13.9 Å². The van der Waals surface area contributed by atoms with E-state index in [1.807, 2.05) is 78.9 Å². The fourth-order valence-corrected chi connectivity index (χ4v) is 4.92. The van der Waals surface area contributed by atoms with Crippen LogP contribution in [0.2, 0.25) is 0 Å². The highest BCUT2D eigenvalue weighted by Crippen LogP contribution is 2.32. The van der Waals surface area contributed by atoms with E-state index in [4.69, 9.17) is 9.73 Å². The molecule has 0 aliphatic rings. The number of esters is 1. The standard InChI is InChI=1S/C33H28FN3O3/c1-22-28(32(38)37(36-22)27-19-10-5-11-20-27)29(25-17-12-18-26(34)21-25)31(33(39)40-2)35-30(23-13-6-3-7-14-23)24-15-8-4-9-16-24/h3-21,29,31,36H,1-2H3/t29-,31+/m1/s1. The Kier molecular flexibility index (Phi) is 7.82. The van der Waals surface area contributed by atoms with Crippen LogP contribution in [0, 0.1) is 12.7 Å². The molecule has 0 bridgehead atoms. The summed E-state index contributed by atoms with van der Waals surface area (Å²) in [7, 11) is 1.28. The van der Waals surface area contributed by atoms with Crippen LogP contribution in [0.15, 0.2) is 125 Å². The highest BCUT2D eigenvalue weighted by molar-refractivity contribution is 6.13. The molecule has 0 amide bonds. The molecule has 5 rings (SSSR count). The van der Waals surface area contributed by atoms with Crippen LogP contribution in [0.1, 0.15) is 33.9 Å². The molecule has 4 aromatic carbocycles. The van der Waals surface area contributed by atoms with Crippen molar-refractivity contribution in [3.05, 3.63) is 159 Å². The number of rotatable bonds is 8. The average Bonchev–Trinajstić information content (AvgIpc) is 3.29. The molecule has 0 radical (unpaired) electrons. The molecule has 1 aromatic heterocycles. The lowest BCUT2D eigenvalue weighted by molar-refractivity contribution is -0.142. The number of hydrogen-bond donors (Lipinski definition) is 1. The Labute approximate surface area is 231 Å². The predicted octanol–water partition coefficient (Wildman–Crippen LogP) is 5.82. The Morgan fingerprint density at radius 3 is 1.98 bits per heavy atom. The molecule has 0 saturated heterocycles. The number of nitrogens with zero attached hydrogens (tertiary/aromatic N) is 2. The Morgan fingerprint density at radius 2 is 1.43 bits per heavy atom. The van der Waals surface area contributed by atoms with Gasteiger partial charge in [-0.2, -0.15) is 0 Å². The number of nitrogens with one attached hydrogen (secondary N) is 1. The molecule has 7 heteroatoms. The molecule has 40 heavy (non-hydrogen) atoms. The lowest BCUT2D eigenvalue weighted by atomic mass is 9.84. The van der Waals surface area contributed by atoms with Crippen molar-refractivity contribution in [2.75, 3.05) is 7.11 Å². The third-order valence-corrected chi connectivity index (χ3v) is 6.77. The van der Waals surface area contributed by atoms with E-state index >= 15 is 0 Å². The fourth-order valence-electron chi connectivity index (χ4n) is 4.92. The van der Waals surface area contributed by atoms with Crippen LogP contribution in [-0.4, -0.2) is 34.6 Å². The molecule has 200 valence electrons. The molecular weight excluding hydrogens is 505 g/mol. The van der Waals surface area contributed by atoms with Gasteiger partial charge in [0.15, 0.2) is 6.04 Å². The maximum absolute atomic E-state index is 14.6. The van der Waals surface area contributed by atoms with E-state index in [0.717, 1.165) is 11.1 Å². The van der Waals surface area contributed by atoms with Crippen molar-refractivity contribution in [2.24, 2.45) is 4.99 Å². The summed E-state index contributed by atoms with van der Waals surface area (Å²) in [5.74, 6) is -2.08. The molecule has 1 N–H and O–H groups in total. The second-order valence-corrected chi connectivity index (χ2v) is 9.34. The van der Waals surface area contributed by atoms with E-state index in [0.29, 0.717) is 28.2 Å². The number of aromatic nitrogens is 2. The van der Waals surface area contributed by atoms with Crippen LogP contribution in [0.5, 0.6) is 0 Å². The summed E-state index contributed by atoms with van der Waals surface area (Å²) >= 11 is 0. The van der Waals surface area contributed by atoms with Crippen LogP contribution < -0.4 is 5.56 Å². The molecule has 1 heterocycles. The summed E-state index contributed by atoms with van der Waals surface area (Å²) < 4.78 is 21.3. The minimum atomic E-state index is -1.20. The van der Waals surface area contributed by atoms with Gasteiger partial charge in [0.05, 0.1) is 18.5 Å². The summed E-state index contributed by atoms with van der Waals surface area (Å²) in [6.45, 7) is 1.76. The zero-order valence-corrected chi connectivity index (χ0v) is 22.1. The highest BCUT2D eigenvalue weighted by atomic mass is 19.1. The van der Waals surface area contributed by atoms with Crippen LogP contribution in [0.25, 0.3) is 5.69 Å². The van der Waals surface area contributed by atoms with Crippen LogP contribution in [0.3, 0.4) is 0 Å². The molecule has 5 aromatic rings. The van der Waals surface area contributed by atoms with Gasteiger partial charge in [0.25, 0.3) is 5.56 Å². The summed E-state index contributed by atoms with van der Waals surface area (Å²) in [5, 5.41) is 3.13. The molecule has 0 spiro atoms. The molecule has 0 aliphatic heterocycles. The van der Waals surface area contributed by atoms with Gasteiger partial charge in [-0.25, -0.2) is 13.9 Å². The zero-order valence-electron chi connectivity index (χ0n) is 22.1. The zero-order chi connectivity index (χ0) is 28.1. The van der Waals surface area contributed by atoms with Crippen LogP contribution in [0.4, 0.5) is 4.39 Å². The first kappa shape index (κ1) is 26.6. The number of carbonyl (C=O) groups excluding carboxylic acids is 1. The molecule has 0 fully saturated rings. The monoisotopic (exact) mass is 533 g/mol. The molecule has 0 saturated carbocycles. The van der Waals surface area contributed by atoms with Crippen molar-refractivity contribution in [3.63, 3.8) is 0 Å². The fraction of sp³-hybridized carbons (Fsp3) is 0.121. The smallest absolute Gasteiger partial charge is 0.331 e. The Hall–Kier alpha value is -5.04. The van der Waals surface area contributed by atoms with Crippen molar-refractivity contribution in [1.29, 1.82) is 0 Å². The van der Waals surface area contributed by atoms with Gasteiger partial charge in [-0.15, -0.1) is 0 Å². The number of aryl methyl sites for hydroxylation is 1. The van der Waals surface area contributed by atoms with Crippen molar-refractivity contribution in [2.45, 2.75) is 18.9 Å². The number of aliphatic imine (C=N–C) groups is 1. The van der Waals surface area contributed by atoms with Gasteiger partial charge in [0, 0.05) is 28.3 Å². The lowest BCUT2D eigenvalue weighted by Crippen LogP contribution is -2.33. The number of para-hydroxylation sites is 1. The molecule has 6 nitrogen and oxygen atoms in total. The first-order valence-corrected chi connectivity index (χ1v) is 12.9. The van der Waals surface area contributed by atoms with E-state index in [1.165, 1.54) is 23.9 Å². The van der Waals surface area contributed by atoms with Gasteiger partial charge < -0.3 is 4.74 Å². The third-order valence-electron chi connectivity index (χ3n) is 6.77. The number of aromatic amines is 1. The topological polar surface area (TPSA) is 76.4 Å². The normalized spacial score (nSPS) is 12.4. The minimum absolute atomic E-state index is 0.300. The molecular formula is C33H28FN3O3. The van der Waals surface area contributed by atoms with E-state index in [-0.39, 0.29) is 5.56 Å². The summed E-state index contributed by atoms with van der Waals surface area (Å²) in [6, 6.07) is 32.8. The number of hydrogen-bond acceptors (Lipinski definition) is 4. The first-order valence-electron chi connectivity index (χ1n) is 12.9. The number of methoxy groups -OCH3 is 1. The number of carbonyl (C=O) groups is 1. The largest absolute Gasteiger partial charge is 0.467 e. The van der Waals surface area contributed by atoms with Crippen molar-refractivity contribution in [3.8, 4) is 5.69 Å². The van der Waals surface area contributed by atoms with Gasteiger partial charge in [-0.1, -0.05) is 91.0 Å². The predicted molar refractivity (Wildman–Crippen MR) is 154 cm³/mol. The lowest BCUT2D eigenvalue weighted by Gasteiger charge is -2.24. The van der Waals surface area contributed by atoms with Crippen molar-refractivity contribution in [1.82, 2.24) is 9.78 Å². The Balaban J connectivity index is 1.78. The minimum Gasteiger partial charge on any atom is -0.467 e. The van der Waals surface area contributed by atoms with E-state index in [2.05, 4.69) is 5.10 Å². The maximum Gasteiger partial charge on any atom is 0.331 e. The Bertz CT molecular complexity index is 1650. The van der Waals surface area contributed by atoms with Gasteiger partial charge in [0.1, 0.15) is 5.82 Å². The number of halogens is 1. The van der Waals surface area contributed by atoms with Crippen LogP contribution >= 0.6 is 0 Å². The number of ether oxygens (including phenoxy) is 1. The van der Waals surface area contributed by atoms with E-state index in [9.17, 15) is 14.0 Å². The quantitative estimate of drug-likeness (QED) is 0.202. The molecule has 0 unspecified atom stereocenters.